The van der Waals surface area contributed by atoms with Crippen molar-refractivity contribution in [2.75, 3.05) is 31.1 Å². The van der Waals surface area contributed by atoms with Crippen LogP contribution in [-0.4, -0.2) is 47.2 Å². The lowest BCUT2D eigenvalue weighted by Crippen LogP contribution is -2.35. The molecule has 0 unspecified atom stereocenters. The molecule has 1 fully saturated rings. The van der Waals surface area contributed by atoms with Crippen LogP contribution >= 0.6 is 0 Å². The Hall–Kier alpha value is -2.44. The van der Waals surface area contributed by atoms with Gasteiger partial charge in [0.1, 0.15) is 0 Å². The van der Waals surface area contributed by atoms with Crippen LogP contribution < -0.4 is 4.90 Å². The van der Waals surface area contributed by atoms with E-state index in [0.29, 0.717) is 37.6 Å². The van der Waals surface area contributed by atoms with Gasteiger partial charge < -0.3 is 9.80 Å². The number of rotatable bonds is 2. The highest BCUT2D eigenvalue weighted by Crippen LogP contribution is 2.20. The van der Waals surface area contributed by atoms with Crippen LogP contribution in [0.5, 0.6) is 0 Å². The monoisotopic (exact) mass is 334 g/mol. The van der Waals surface area contributed by atoms with Crippen LogP contribution in [0.15, 0.2) is 18.2 Å². The summed E-state index contributed by atoms with van der Waals surface area (Å²) in [5.41, 5.74) is 2.84. The average molecular weight is 334 g/mol. The topological polar surface area (TPSA) is 52.2 Å². The van der Waals surface area contributed by atoms with Gasteiger partial charge in [-0.05, 0) is 32.4 Å². The first-order valence-corrected chi connectivity index (χ1v) is 7.98. The van der Waals surface area contributed by atoms with Crippen molar-refractivity contribution in [1.29, 1.82) is 0 Å². The summed E-state index contributed by atoms with van der Waals surface area (Å²) in [6.45, 7) is 6.14. The van der Waals surface area contributed by atoms with Gasteiger partial charge in [-0.1, -0.05) is 0 Å². The number of carbonyl (C=O) groups is 1. The Morgan fingerprint density at radius 1 is 1.12 bits per heavy atom. The van der Waals surface area contributed by atoms with E-state index in [1.807, 2.05) is 18.7 Å². The van der Waals surface area contributed by atoms with Gasteiger partial charge in [-0.2, -0.15) is 5.10 Å². The summed E-state index contributed by atoms with van der Waals surface area (Å²) in [6, 6.07) is 3.90. The molecular weight excluding hydrogens is 314 g/mol. The van der Waals surface area contributed by atoms with E-state index in [9.17, 15) is 13.6 Å². The maximum Gasteiger partial charge on any atom is 0.274 e. The van der Waals surface area contributed by atoms with E-state index in [4.69, 9.17) is 0 Å². The van der Waals surface area contributed by atoms with Gasteiger partial charge >= 0.3 is 0 Å². The van der Waals surface area contributed by atoms with Gasteiger partial charge in [0.15, 0.2) is 17.3 Å². The molecule has 1 N–H and O–H groups in total. The molecule has 0 saturated carbocycles. The molecule has 24 heavy (non-hydrogen) atoms. The van der Waals surface area contributed by atoms with E-state index >= 15 is 0 Å². The predicted octanol–water partition coefficient (Wildman–Crippen LogP) is 2.66. The number of aromatic nitrogens is 2. The molecule has 0 bridgehead atoms. The van der Waals surface area contributed by atoms with Crippen molar-refractivity contribution >= 4 is 11.6 Å². The third-order valence-corrected chi connectivity index (χ3v) is 4.51. The molecule has 5 nitrogen and oxygen atoms in total. The number of aryl methyl sites for hydroxylation is 1. The summed E-state index contributed by atoms with van der Waals surface area (Å²) in [6.07, 6.45) is 0.757. The standard InChI is InChI=1S/C17H20F2N4O/c1-11-12(2)20-21-16(11)17(24)23-7-3-6-22(8-9-23)13-4-5-14(18)15(19)10-13/h4-5,10H,3,6-9H2,1-2H3,(H,20,21). The number of H-pyrrole nitrogens is 1. The van der Waals surface area contributed by atoms with Crippen molar-refractivity contribution < 1.29 is 13.6 Å². The van der Waals surface area contributed by atoms with Gasteiger partial charge in [0, 0.05) is 49.2 Å². The Bertz CT molecular complexity index is 759. The van der Waals surface area contributed by atoms with Crippen LogP contribution in [0.1, 0.15) is 28.2 Å². The molecule has 0 spiro atoms. The van der Waals surface area contributed by atoms with Gasteiger partial charge in [0.2, 0.25) is 0 Å². The minimum Gasteiger partial charge on any atom is -0.370 e. The molecule has 1 saturated heterocycles. The summed E-state index contributed by atoms with van der Waals surface area (Å²) in [5.74, 6) is -1.80. The van der Waals surface area contributed by atoms with Crippen molar-refractivity contribution in [1.82, 2.24) is 15.1 Å². The fourth-order valence-electron chi connectivity index (χ4n) is 2.90. The molecule has 2 aromatic rings. The zero-order valence-electron chi connectivity index (χ0n) is 13.8. The normalized spacial score (nSPS) is 15.5. The fourth-order valence-corrected chi connectivity index (χ4v) is 2.90. The third kappa shape index (κ3) is 3.11. The molecule has 3 rings (SSSR count). The van der Waals surface area contributed by atoms with E-state index in [1.165, 1.54) is 6.07 Å². The number of anilines is 1. The van der Waals surface area contributed by atoms with E-state index in [0.717, 1.165) is 23.7 Å². The number of hydrogen-bond acceptors (Lipinski definition) is 3. The van der Waals surface area contributed by atoms with Crippen LogP contribution in [0.3, 0.4) is 0 Å². The van der Waals surface area contributed by atoms with Crippen molar-refractivity contribution in [2.24, 2.45) is 0 Å². The molecule has 1 aromatic carbocycles. The molecule has 0 atom stereocenters. The van der Waals surface area contributed by atoms with E-state index in [2.05, 4.69) is 10.2 Å². The van der Waals surface area contributed by atoms with Gasteiger partial charge in [-0.25, -0.2) is 8.78 Å². The van der Waals surface area contributed by atoms with Crippen LogP contribution in [0.2, 0.25) is 0 Å². The SMILES string of the molecule is Cc1[nH]nc(C(=O)N2CCCN(c3ccc(F)c(F)c3)CC2)c1C. The summed E-state index contributed by atoms with van der Waals surface area (Å²) in [7, 11) is 0. The Kier molecular flexibility index (Phi) is 4.51. The minimum absolute atomic E-state index is 0.0935. The first-order chi connectivity index (χ1) is 11.5. The lowest BCUT2D eigenvalue weighted by molar-refractivity contribution is 0.0760. The second kappa shape index (κ2) is 6.59. The molecule has 1 aromatic heterocycles. The van der Waals surface area contributed by atoms with Crippen molar-refractivity contribution in [3.63, 3.8) is 0 Å². The smallest absolute Gasteiger partial charge is 0.274 e. The number of amides is 1. The van der Waals surface area contributed by atoms with Gasteiger partial charge in [-0.3, -0.25) is 9.89 Å². The molecule has 0 aliphatic carbocycles. The van der Waals surface area contributed by atoms with Gasteiger partial charge in [-0.15, -0.1) is 0 Å². The fraction of sp³-hybridized carbons (Fsp3) is 0.412. The molecule has 0 radical (unpaired) electrons. The number of aromatic amines is 1. The quantitative estimate of drug-likeness (QED) is 0.919. The zero-order valence-corrected chi connectivity index (χ0v) is 13.8. The Morgan fingerprint density at radius 2 is 1.92 bits per heavy atom. The van der Waals surface area contributed by atoms with Crippen molar-refractivity contribution in [2.45, 2.75) is 20.3 Å². The molecule has 1 aliphatic rings. The van der Waals surface area contributed by atoms with Gasteiger partial charge in [0.25, 0.3) is 5.91 Å². The van der Waals surface area contributed by atoms with Gasteiger partial charge in [0.05, 0.1) is 0 Å². The van der Waals surface area contributed by atoms with Crippen LogP contribution in [0.4, 0.5) is 14.5 Å². The van der Waals surface area contributed by atoms with E-state index in [-0.39, 0.29) is 5.91 Å². The van der Waals surface area contributed by atoms with Crippen LogP contribution in [0.25, 0.3) is 0 Å². The highest BCUT2D eigenvalue weighted by Gasteiger charge is 2.24. The zero-order chi connectivity index (χ0) is 17.3. The highest BCUT2D eigenvalue weighted by atomic mass is 19.2. The molecular formula is C17H20F2N4O. The average Bonchev–Trinajstić information content (AvgIpc) is 2.78. The lowest BCUT2D eigenvalue weighted by Gasteiger charge is -2.23. The minimum atomic E-state index is -0.854. The molecule has 7 heteroatoms. The summed E-state index contributed by atoms with van der Waals surface area (Å²) in [5, 5.41) is 6.93. The summed E-state index contributed by atoms with van der Waals surface area (Å²) in [4.78, 5) is 16.4. The summed E-state index contributed by atoms with van der Waals surface area (Å²) < 4.78 is 26.5. The summed E-state index contributed by atoms with van der Waals surface area (Å²) >= 11 is 0. The Balaban J connectivity index is 1.72. The lowest BCUT2D eigenvalue weighted by atomic mass is 10.2. The second-order valence-corrected chi connectivity index (χ2v) is 6.05. The van der Waals surface area contributed by atoms with Crippen molar-refractivity contribution in [3.8, 4) is 0 Å². The third-order valence-electron chi connectivity index (χ3n) is 4.51. The maximum absolute atomic E-state index is 13.4. The number of nitrogens with zero attached hydrogens (tertiary/aromatic N) is 3. The molecule has 2 heterocycles. The maximum atomic E-state index is 13.4. The van der Waals surface area contributed by atoms with E-state index in [1.54, 1.807) is 11.0 Å². The molecule has 1 amide bonds. The Morgan fingerprint density at radius 3 is 2.58 bits per heavy atom. The predicted molar refractivity (Wildman–Crippen MR) is 87.2 cm³/mol. The number of carbonyl (C=O) groups excluding carboxylic acids is 1. The highest BCUT2D eigenvalue weighted by molar-refractivity contribution is 5.94. The van der Waals surface area contributed by atoms with Crippen molar-refractivity contribution in [3.05, 3.63) is 46.8 Å². The Labute approximate surface area is 139 Å². The largest absolute Gasteiger partial charge is 0.370 e. The number of nitrogens with one attached hydrogen (secondary N) is 1. The van der Waals surface area contributed by atoms with Crippen LogP contribution in [-0.2, 0) is 0 Å². The molecule has 128 valence electrons. The number of benzene rings is 1. The number of halogens is 2. The first-order valence-electron chi connectivity index (χ1n) is 7.98. The number of hydrogen-bond donors (Lipinski definition) is 1. The molecule has 1 aliphatic heterocycles. The second-order valence-electron chi connectivity index (χ2n) is 6.05. The van der Waals surface area contributed by atoms with E-state index < -0.39 is 11.6 Å². The van der Waals surface area contributed by atoms with Crippen LogP contribution in [0, 0.1) is 25.5 Å². The first kappa shape index (κ1) is 16.4.